The molecule has 3 aliphatic heterocycles. The summed E-state index contributed by atoms with van der Waals surface area (Å²) in [5.41, 5.74) is 6.04. The Balaban J connectivity index is 1.48. The fourth-order valence-electron chi connectivity index (χ4n) is 2.85. The number of hydrogen-bond acceptors (Lipinski definition) is 12. The van der Waals surface area contributed by atoms with Crippen LogP contribution in [0.4, 0.5) is 5.82 Å². The number of hydroxylamine groups is 1. The van der Waals surface area contributed by atoms with Crippen molar-refractivity contribution in [1.82, 2.24) is 9.55 Å². The number of anilines is 1. The van der Waals surface area contributed by atoms with Crippen LogP contribution in [0.5, 0.6) is 0 Å². The summed E-state index contributed by atoms with van der Waals surface area (Å²) >= 11 is 0. The highest BCUT2D eigenvalue weighted by atomic mass is 31.3. The van der Waals surface area contributed by atoms with Crippen molar-refractivity contribution in [2.24, 2.45) is 10.7 Å². The number of nitrogens with two attached hydrogens (primary N) is 1. The van der Waals surface area contributed by atoms with Crippen molar-refractivity contribution < 1.29 is 52.4 Å². The van der Waals surface area contributed by atoms with Gasteiger partial charge in [0.25, 0.3) is 6.35 Å². The molecule has 7 N–H and O–H groups in total. The van der Waals surface area contributed by atoms with Gasteiger partial charge in [0, 0.05) is 0 Å². The van der Waals surface area contributed by atoms with Gasteiger partial charge in [0.05, 0.1) is 12.9 Å². The number of phosphoric ester groups is 1. The molecule has 0 amide bonds. The number of fused-ring (bicyclic) bond motifs is 3. The normalized spacial score (nSPS) is 33.8. The molecule has 0 aliphatic carbocycles. The predicted octanol–water partition coefficient (Wildman–Crippen LogP) is -2.52. The highest BCUT2D eigenvalue weighted by molar-refractivity contribution is 7.60. The second-order valence-electron chi connectivity index (χ2n) is 5.98. The van der Waals surface area contributed by atoms with E-state index in [1.54, 1.807) is 0 Å². The van der Waals surface area contributed by atoms with Crippen LogP contribution in [0.3, 0.4) is 0 Å². The largest absolute Gasteiger partial charge is 0.481 e. The Labute approximate surface area is 155 Å². The van der Waals surface area contributed by atoms with Crippen LogP contribution in [0.1, 0.15) is 11.9 Å². The maximum atomic E-state index is 11.5. The Morgan fingerprint density at radius 2 is 1.96 bits per heavy atom. The van der Waals surface area contributed by atoms with Crippen LogP contribution in [0.15, 0.2) is 11.3 Å². The molecule has 2 saturated heterocycles. The Hall–Kier alpha value is -1.42. The van der Waals surface area contributed by atoms with Crippen LogP contribution >= 0.6 is 15.6 Å². The first-order chi connectivity index (χ1) is 13.0. The molecular formula is C10H15N5O11P2. The summed E-state index contributed by atoms with van der Waals surface area (Å²) in [5.74, 6) is 0.434. The van der Waals surface area contributed by atoms with Crippen LogP contribution in [0.2, 0.25) is 0 Å². The topological polar surface area (TPSA) is 235 Å². The number of imidazole rings is 1. The van der Waals surface area contributed by atoms with E-state index >= 15 is 0 Å². The highest BCUT2D eigenvalue weighted by Gasteiger charge is 2.50. The van der Waals surface area contributed by atoms with Gasteiger partial charge in [-0.15, -0.1) is 0 Å². The molecule has 0 spiro atoms. The quantitative estimate of drug-likeness (QED) is 0.197. The van der Waals surface area contributed by atoms with Crippen LogP contribution in [0.25, 0.3) is 0 Å². The molecular weight excluding hydrogens is 428 g/mol. The number of nitrogens with zero attached hydrogens (tertiary/aromatic N) is 4. The van der Waals surface area contributed by atoms with Gasteiger partial charge in [-0.25, -0.2) is 23.9 Å². The molecule has 0 radical (unpaired) electrons. The van der Waals surface area contributed by atoms with E-state index in [4.69, 9.17) is 25.1 Å². The molecule has 18 heteroatoms. The number of aliphatic hydroxyl groups excluding tert-OH is 2. The SMILES string of the molecule is NC1=N[C@@H]2ON2c2c1ncn2[C@@H]1O[C@H](COP(=O)(O)OP(=O)(O)O)[C@@H](O)[C@H]1O. The molecule has 0 aromatic carbocycles. The molecule has 2 fully saturated rings. The van der Waals surface area contributed by atoms with Gasteiger partial charge in [-0.2, -0.15) is 9.37 Å². The van der Waals surface area contributed by atoms with E-state index in [0.717, 1.165) is 0 Å². The second kappa shape index (κ2) is 6.55. The number of aliphatic hydroxyl groups is 2. The third-order valence-electron chi connectivity index (χ3n) is 4.05. The molecule has 0 bridgehead atoms. The molecule has 4 heterocycles. The van der Waals surface area contributed by atoms with Crippen molar-refractivity contribution >= 4 is 27.3 Å². The van der Waals surface area contributed by atoms with Crippen molar-refractivity contribution in [3.8, 4) is 0 Å². The molecule has 16 nitrogen and oxygen atoms in total. The first-order valence-electron chi connectivity index (χ1n) is 7.59. The molecule has 156 valence electrons. The van der Waals surface area contributed by atoms with E-state index in [1.165, 1.54) is 16.0 Å². The van der Waals surface area contributed by atoms with Gasteiger partial charge in [0.2, 0.25) is 0 Å². The maximum absolute atomic E-state index is 11.5. The van der Waals surface area contributed by atoms with Gasteiger partial charge in [0.15, 0.2) is 17.9 Å². The zero-order chi connectivity index (χ0) is 20.4. The zero-order valence-electron chi connectivity index (χ0n) is 13.6. The molecule has 4 rings (SSSR count). The van der Waals surface area contributed by atoms with Gasteiger partial charge in [-0.05, 0) is 0 Å². The lowest BCUT2D eigenvalue weighted by atomic mass is 10.1. The molecule has 3 aliphatic rings. The van der Waals surface area contributed by atoms with Crippen LogP contribution in [0, 0.1) is 0 Å². The summed E-state index contributed by atoms with van der Waals surface area (Å²) < 4.78 is 37.1. The molecule has 1 unspecified atom stereocenters. The van der Waals surface area contributed by atoms with Crippen molar-refractivity contribution in [2.45, 2.75) is 30.9 Å². The van der Waals surface area contributed by atoms with E-state index in [-0.39, 0.29) is 11.5 Å². The Morgan fingerprint density at radius 1 is 1.25 bits per heavy atom. The lowest BCUT2D eigenvalue weighted by Crippen LogP contribution is -2.34. The third kappa shape index (κ3) is 3.60. The number of amidine groups is 1. The van der Waals surface area contributed by atoms with E-state index < -0.39 is 53.1 Å². The van der Waals surface area contributed by atoms with Crippen LogP contribution in [-0.4, -0.2) is 71.6 Å². The van der Waals surface area contributed by atoms with Crippen molar-refractivity contribution in [3.05, 3.63) is 12.0 Å². The summed E-state index contributed by atoms with van der Waals surface area (Å²) in [7, 11) is -10.4. The van der Waals surface area contributed by atoms with E-state index in [2.05, 4.69) is 18.8 Å². The smallest absolute Gasteiger partial charge is 0.387 e. The standard InChI is InChI=1S/C10H15N5O11P2/c11-7-4-8(15-10(13-7)25-15)14(2-12-4)9-6(17)5(16)3(24-9)1-23-28(21,22)26-27(18,19)20/h2-3,5-6,9-10,16-17H,1H2,(H2,11,13)(H,21,22)(H2,18,19,20)/t3-,5-,6-,9-,10+,15?/m1/s1. The molecule has 6 atom stereocenters. The summed E-state index contributed by atoms with van der Waals surface area (Å²) in [4.78, 5) is 39.7. The number of rotatable bonds is 6. The average Bonchev–Trinajstić information content (AvgIpc) is 3.09. The molecule has 1 aromatic heterocycles. The van der Waals surface area contributed by atoms with Crippen LogP contribution < -0.4 is 10.8 Å². The first kappa shape index (κ1) is 19.9. The van der Waals surface area contributed by atoms with Gasteiger partial charge in [-0.3, -0.25) is 9.09 Å². The van der Waals surface area contributed by atoms with E-state index in [0.29, 0.717) is 5.82 Å². The first-order valence-corrected chi connectivity index (χ1v) is 10.6. The minimum atomic E-state index is -5.29. The summed E-state index contributed by atoms with van der Waals surface area (Å²) in [6.07, 6.45) is -4.97. The van der Waals surface area contributed by atoms with Gasteiger partial charge in [0.1, 0.15) is 24.0 Å². The molecule has 1 aromatic rings. The van der Waals surface area contributed by atoms with Gasteiger partial charge >= 0.3 is 15.6 Å². The third-order valence-corrected chi connectivity index (χ3v) is 6.21. The van der Waals surface area contributed by atoms with Crippen molar-refractivity contribution in [3.63, 3.8) is 0 Å². The highest BCUT2D eigenvalue weighted by Crippen LogP contribution is 2.57. The average molecular weight is 443 g/mol. The Morgan fingerprint density at radius 3 is 2.64 bits per heavy atom. The van der Waals surface area contributed by atoms with E-state index in [9.17, 15) is 24.2 Å². The predicted molar refractivity (Wildman–Crippen MR) is 85.1 cm³/mol. The fourth-order valence-corrected chi connectivity index (χ4v) is 4.45. The zero-order valence-corrected chi connectivity index (χ0v) is 15.4. The number of phosphoric acid groups is 2. The number of aliphatic imine (C=N–C) groups is 1. The minimum absolute atomic E-state index is 0.108. The maximum Gasteiger partial charge on any atom is 0.481 e. The van der Waals surface area contributed by atoms with Gasteiger partial charge < -0.3 is 35.4 Å². The van der Waals surface area contributed by atoms with Crippen molar-refractivity contribution in [2.75, 3.05) is 11.7 Å². The molecule has 28 heavy (non-hydrogen) atoms. The fraction of sp³-hybridized carbons (Fsp3) is 0.600. The summed E-state index contributed by atoms with van der Waals surface area (Å²) in [6, 6.07) is 0. The van der Waals surface area contributed by atoms with Gasteiger partial charge in [-0.1, -0.05) is 0 Å². The van der Waals surface area contributed by atoms with E-state index in [1.807, 2.05) is 0 Å². The lowest BCUT2D eigenvalue weighted by molar-refractivity contribution is -0.0514. The number of aromatic nitrogens is 2. The minimum Gasteiger partial charge on any atom is -0.387 e. The van der Waals surface area contributed by atoms with Crippen LogP contribution in [-0.2, 0) is 27.5 Å². The Bertz CT molecular complexity index is 916. The Kier molecular flexibility index (Phi) is 4.65. The number of hydrogen-bond donors (Lipinski definition) is 6. The summed E-state index contributed by atoms with van der Waals surface area (Å²) in [6.45, 7) is -0.814. The monoisotopic (exact) mass is 443 g/mol. The second-order valence-corrected chi connectivity index (χ2v) is 8.81. The van der Waals surface area contributed by atoms with Crippen molar-refractivity contribution in [1.29, 1.82) is 0 Å². The lowest BCUT2D eigenvalue weighted by Gasteiger charge is -2.19. The number of ether oxygens (including phenoxy) is 1. The summed E-state index contributed by atoms with van der Waals surface area (Å²) in [5, 5.41) is 21.8. The molecule has 0 saturated carbocycles.